The van der Waals surface area contributed by atoms with Gasteiger partial charge in [-0.2, -0.15) is 0 Å². The average Bonchev–Trinajstić information content (AvgIpc) is 2.60. The Labute approximate surface area is 154 Å². The van der Waals surface area contributed by atoms with Crippen LogP contribution in [0.3, 0.4) is 0 Å². The molecule has 2 rings (SSSR count). The van der Waals surface area contributed by atoms with Crippen LogP contribution in [0.25, 0.3) is 0 Å². The van der Waals surface area contributed by atoms with Gasteiger partial charge in [0.05, 0.1) is 6.10 Å². The third kappa shape index (κ3) is 7.25. The zero-order valence-corrected chi connectivity index (χ0v) is 17.0. The van der Waals surface area contributed by atoms with Crippen LogP contribution in [0, 0.1) is 11.8 Å². The number of ether oxygens (including phenoxy) is 1. The molecule has 1 nitrogen and oxygen atoms in total. The zero-order valence-electron chi connectivity index (χ0n) is 16.2. The lowest BCUT2D eigenvalue weighted by molar-refractivity contribution is 0.0883. The highest BCUT2D eigenvalue weighted by molar-refractivity contribution is 8.02. The van der Waals surface area contributed by atoms with Crippen LogP contribution >= 0.6 is 11.8 Å². The highest BCUT2D eigenvalue weighted by Gasteiger charge is 2.19. The minimum absolute atomic E-state index is 0.450. The Balaban J connectivity index is 2.06. The molecule has 2 heteroatoms. The van der Waals surface area contributed by atoms with E-state index in [0.717, 1.165) is 18.3 Å². The van der Waals surface area contributed by atoms with Crippen molar-refractivity contribution in [1.82, 2.24) is 0 Å². The molecule has 0 unspecified atom stereocenters. The molecule has 0 spiro atoms. The largest absolute Gasteiger partial charge is 0.490 e. The molecule has 0 bridgehead atoms. The molecule has 138 valence electrons. The Morgan fingerprint density at radius 2 is 1.62 bits per heavy atom. The van der Waals surface area contributed by atoms with E-state index in [9.17, 15) is 0 Å². The fraction of sp³-hybridized carbons (Fsp3) is 0.818. The van der Waals surface area contributed by atoms with Gasteiger partial charge in [0, 0.05) is 4.91 Å². The molecule has 0 N–H and O–H groups in total. The molecule has 2 fully saturated rings. The second-order valence-corrected chi connectivity index (χ2v) is 8.90. The summed E-state index contributed by atoms with van der Waals surface area (Å²) in [4.78, 5) is 1.40. The van der Waals surface area contributed by atoms with Crippen molar-refractivity contribution in [3.63, 3.8) is 0 Å². The molecule has 0 amide bonds. The Hall–Kier alpha value is -0.370. The van der Waals surface area contributed by atoms with Crippen LogP contribution in [0.5, 0.6) is 0 Å². The number of hydrogen-bond donors (Lipinski definition) is 0. The summed E-state index contributed by atoms with van der Waals surface area (Å²) in [6.45, 7) is 4.62. The normalized spacial score (nSPS) is 22.2. The van der Waals surface area contributed by atoms with Crippen molar-refractivity contribution in [2.75, 3.05) is 6.26 Å². The predicted octanol–water partition coefficient (Wildman–Crippen LogP) is 7.48. The quantitative estimate of drug-likeness (QED) is 0.331. The topological polar surface area (TPSA) is 9.23 Å². The maximum Gasteiger partial charge on any atom is 0.128 e. The van der Waals surface area contributed by atoms with Gasteiger partial charge in [-0.05, 0) is 75.5 Å². The molecule has 0 aliphatic heterocycles. The SMILES string of the molecule is CSC(=C\C1CCCCC1)/C(=C/CCC(C)C)OC1CCCCC1. The van der Waals surface area contributed by atoms with Gasteiger partial charge < -0.3 is 4.74 Å². The molecule has 2 aliphatic rings. The Kier molecular flexibility index (Phi) is 9.38. The van der Waals surface area contributed by atoms with Crippen molar-refractivity contribution in [2.45, 2.75) is 97.0 Å². The van der Waals surface area contributed by atoms with E-state index in [4.69, 9.17) is 4.74 Å². The minimum Gasteiger partial charge on any atom is -0.490 e. The summed E-state index contributed by atoms with van der Waals surface area (Å²) in [5.41, 5.74) is 0. The van der Waals surface area contributed by atoms with E-state index in [1.165, 1.54) is 81.3 Å². The van der Waals surface area contributed by atoms with Crippen molar-refractivity contribution < 1.29 is 4.74 Å². The maximum atomic E-state index is 6.54. The van der Waals surface area contributed by atoms with Crippen LogP contribution in [0.4, 0.5) is 0 Å². The third-order valence-corrected chi connectivity index (χ3v) is 6.20. The smallest absolute Gasteiger partial charge is 0.128 e. The molecular formula is C22H38OS. The van der Waals surface area contributed by atoms with Crippen molar-refractivity contribution in [3.05, 3.63) is 22.8 Å². The molecule has 24 heavy (non-hydrogen) atoms. The molecule has 0 aromatic carbocycles. The van der Waals surface area contributed by atoms with Crippen LogP contribution in [0.1, 0.15) is 90.9 Å². The zero-order chi connectivity index (χ0) is 17.2. The van der Waals surface area contributed by atoms with Gasteiger partial charge in [-0.1, -0.05) is 45.6 Å². The maximum absolute atomic E-state index is 6.54. The first-order chi connectivity index (χ1) is 11.7. The summed E-state index contributed by atoms with van der Waals surface area (Å²) in [6.07, 6.45) is 23.5. The van der Waals surface area contributed by atoms with Gasteiger partial charge in [-0.25, -0.2) is 0 Å². The lowest BCUT2D eigenvalue weighted by Crippen LogP contribution is -2.17. The summed E-state index contributed by atoms with van der Waals surface area (Å²) < 4.78 is 6.54. The molecule has 0 aromatic rings. The van der Waals surface area contributed by atoms with Gasteiger partial charge in [0.1, 0.15) is 5.76 Å². The summed E-state index contributed by atoms with van der Waals surface area (Å²) in [5.74, 6) is 2.72. The second kappa shape index (κ2) is 11.3. The highest BCUT2D eigenvalue weighted by atomic mass is 32.2. The van der Waals surface area contributed by atoms with Crippen LogP contribution in [-0.4, -0.2) is 12.4 Å². The summed E-state index contributed by atoms with van der Waals surface area (Å²) in [6, 6.07) is 0. The van der Waals surface area contributed by atoms with E-state index in [1.54, 1.807) is 0 Å². The molecule has 2 aliphatic carbocycles. The van der Waals surface area contributed by atoms with Crippen LogP contribution in [0.2, 0.25) is 0 Å². The van der Waals surface area contributed by atoms with Crippen molar-refractivity contribution in [2.24, 2.45) is 11.8 Å². The van der Waals surface area contributed by atoms with E-state index in [2.05, 4.69) is 32.3 Å². The van der Waals surface area contributed by atoms with Crippen LogP contribution in [-0.2, 0) is 4.74 Å². The number of hydrogen-bond acceptors (Lipinski definition) is 2. The Bertz CT molecular complexity index is 398. The van der Waals surface area contributed by atoms with Crippen LogP contribution in [0.15, 0.2) is 22.8 Å². The summed E-state index contributed by atoms with van der Waals surface area (Å²) in [5, 5.41) is 0. The first kappa shape index (κ1) is 19.9. The van der Waals surface area contributed by atoms with Crippen LogP contribution < -0.4 is 0 Å². The van der Waals surface area contributed by atoms with Gasteiger partial charge >= 0.3 is 0 Å². The third-order valence-electron chi connectivity index (χ3n) is 5.42. The fourth-order valence-corrected chi connectivity index (χ4v) is 4.54. The van der Waals surface area contributed by atoms with E-state index in [-0.39, 0.29) is 0 Å². The molecule has 0 aromatic heterocycles. The first-order valence-corrected chi connectivity index (χ1v) is 11.5. The Morgan fingerprint density at radius 3 is 2.21 bits per heavy atom. The highest BCUT2D eigenvalue weighted by Crippen LogP contribution is 2.33. The molecule has 0 heterocycles. The molecule has 0 saturated heterocycles. The standard InChI is InChI=1S/C22H38OS/c1-18(2)11-10-16-21(23-20-14-8-5-9-15-20)22(24-3)17-19-12-6-4-7-13-19/h16-20H,4-15H2,1-3H3/b21-16-,22-17-. The lowest BCUT2D eigenvalue weighted by atomic mass is 9.89. The average molecular weight is 351 g/mol. The molecule has 0 radical (unpaired) electrons. The molecule has 2 saturated carbocycles. The van der Waals surface area contributed by atoms with Gasteiger partial charge in [0.15, 0.2) is 0 Å². The van der Waals surface area contributed by atoms with Gasteiger partial charge in [-0.15, -0.1) is 11.8 Å². The van der Waals surface area contributed by atoms with Gasteiger partial charge in [0.2, 0.25) is 0 Å². The Morgan fingerprint density at radius 1 is 1.00 bits per heavy atom. The lowest BCUT2D eigenvalue weighted by Gasteiger charge is -2.26. The van der Waals surface area contributed by atoms with E-state index in [0.29, 0.717) is 6.10 Å². The van der Waals surface area contributed by atoms with Gasteiger partial charge in [0.25, 0.3) is 0 Å². The van der Waals surface area contributed by atoms with Crippen molar-refractivity contribution in [3.8, 4) is 0 Å². The van der Waals surface area contributed by atoms with E-state index >= 15 is 0 Å². The number of thioether (sulfide) groups is 1. The number of allylic oxidation sites excluding steroid dienone is 2. The van der Waals surface area contributed by atoms with Gasteiger partial charge in [-0.3, -0.25) is 0 Å². The first-order valence-electron chi connectivity index (χ1n) is 10.3. The van der Waals surface area contributed by atoms with Crippen molar-refractivity contribution in [1.29, 1.82) is 0 Å². The van der Waals surface area contributed by atoms with E-state index < -0.39 is 0 Å². The van der Waals surface area contributed by atoms with Crippen molar-refractivity contribution >= 4 is 11.8 Å². The molecule has 0 atom stereocenters. The summed E-state index contributed by atoms with van der Waals surface area (Å²) >= 11 is 1.89. The monoisotopic (exact) mass is 350 g/mol. The summed E-state index contributed by atoms with van der Waals surface area (Å²) in [7, 11) is 0. The van der Waals surface area contributed by atoms with E-state index in [1.807, 2.05) is 11.8 Å². The molecular weight excluding hydrogens is 312 g/mol. The predicted molar refractivity (Wildman–Crippen MR) is 108 cm³/mol. The minimum atomic E-state index is 0.450. The number of rotatable bonds is 8. The second-order valence-electron chi connectivity index (χ2n) is 8.05. The fourth-order valence-electron chi connectivity index (χ4n) is 3.88.